The van der Waals surface area contributed by atoms with Crippen LogP contribution < -0.4 is 15.0 Å². The molecule has 4 heterocycles. The molecule has 1 aromatic carbocycles. The molecule has 2 aromatic heterocycles. The van der Waals surface area contributed by atoms with Crippen LogP contribution in [0.2, 0.25) is 0 Å². The van der Waals surface area contributed by atoms with Gasteiger partial charge in [0.05, 0.1) is 12.1 Å². The molecule has 1 N–H and O–H groups in total. The lowest BCUT2D eigenvalue weighted by atomic mass is 9.81. The van der Waals surface area contributed by atoms with Crippen molar-refractivity contribution < 1.29 is 14.3 Å². The van der Waals surface area contributed by atoms with Gasteiger partial charge < -0.3 is 24.3 Å². The number of carbonyl (C=O) groups is 1. The summed E-state index contributed by atoms with van der Waals surface area (Å²) in [5.41, 5.74) is 6.13. The van der Waals surface area contributed by atoms with Crippen molar-refractivity contribution >= 4 is 5.91 Å². The molecule has 6 rings (SSSR count). The highest BCUT2D eigenvalue weighted by atomic mass is 16.7. The number of aryl methyl sites for hydroxylation is 2. The molecular formula is C32H39N5O4. The first-order chi connectivity index (χ1) is 19.6. The first-order valence-electron chi connectivity index (χ1n) is 14.5. The van der Waals surface area contributed by atoms with Crippen LogP contribution in [-0.2, 0) is 13.0 Å². The minimum atomic E-state index is -0.826. The van der Waals surface area contributed by atoms with E-state index in [1.807, 2.05) is 33.8 Å². The van der Waals surface area contributed by atoms with Gasteiger partial charge in [-0.25, -0.2) is 9.97 Å². The lowest BCUT2D eigenvalue weighted by Crippen LogP contribution is -2.46. The van der Waals surface area contributed by atoms with Gasteiger partial charge in [0.15, 0.2) is 11.5 Å². The number of amides is 1. The molecule has 1 atom stereocenters. The zero-order chi connectivity index (χ0) is 29.1. The second-order valence-electron chi connectivity index (χ2n) is 12.2. The number of hydrogen-bond acceptors (Lipinski definition) is 7. The molecule has 1 amide bonds. The number of nitrogens with zero attached hydrogens (tertiary/aromatic N) is 4. The zero-order valence-electron chi connectivity index (χ0n) is 24.8. The summed E-state index contributed by atoms with van der Waals surface area (Å²) >= 11 is 0. The Labute approximate surface area is 240 Å². The fourth-order valence-corrected chi connectivity index (χ4v) is 7.01. The monoisotopic (exact) mass is 557 g/mol. The Morgan fingerprint density at radius 1 is 1.02 bits per heavy atom. The van der Waals surface area contributed by atoms with E-state index in [-0.39, 0.29) is 23.9 Å². The molecule has 9 heteroatoms. The lowest BCUT2D eigenvalue weighted by Gasteiger charge is -2.39. The van der Waals surface area contributed by atoms with E-state index in [1.165, 1.54) is 6.33 Å². The number of aromatic nitrogens is 3. The van der Waals surface area contributed by atoms with Crippen LogP contribution in [0.4, 0.5) is 0 Å². The number of pyridine rings is 1. The van der Waals surface area contributed by atoms with Gasteiger partial charge in [-0.3, -0.25) is 9.59 Å². The van der Waals surface area contributed by atoms with E-state index in [1.54, 1.807) is 17.3 Å². The van der Waals surface area contributed by atoms with Gasteiger partial charge in [0, 0.05) is 65.8 Å². The molecule has 1 saturated carbocycles. The van der Waals surface area contributed by atoms with Crippen LogP contribution in [0.3, 0.4) is 0 Å². The molecule has 3 aromatic rings. The third kappa shape index (κ3) is 4.70. The quantitative estimate of drug-likeness (QED) is 0.491. The van der Waals surface area contributed by atoms with Crippen LogP contribution in [-0.4, -0.2) is 63.1 Å². The smallest absolute Gasteiger partial charge is 0.254 e. The van der Waals surface area contributed by atoms with Gasteiger partial charge in [0.2, 0.25) is 0 Å². The van der Waals surface area contributed by atoms with Gasteiger partial charge in [0.25, 0.3) is 17.3 Å². The molecular weight excluding hydrogens is 518 g/mol. The maximum Gasteiger partial charge on any atom is 0.254 e. The highest BCUT2D eigenvalue weighted by Crippen LogP contribution is 2.55. The minimum Gasteiger partial charge on any atom is -0.448 e. The summed E-state index contributed by atoms with van der Waals surface area (Å²) in [6.45, 7) is 8.52. The molecule has 216 valence electrons. The van der Waals surface area contributed by atoms with Crippen molar-refractivity contribution in [1.29, 1.82) is 0 Å². The number of nitrogens with one attached hydrogen (secondary N) is 1. The Morgan fingerprint density at radius 2 is 1.71 bits per heavy atom. The van der Waals surface area contributed by atoms with Crippen LogP contribution >= 0.6 is 0 Å². The number of H-pyrrole nitrogens is 1. The Morgan fingerprint density at radius 3 is 2.37 bits per heavy atom. The number of carbonyl (C=O) groups excluding carboxylic acids is 1. The number of fused-ring (bicyclic) bond motifs is 2. The van der Waals surface area contributed by atoms with Gasteiger partial charge >= 0.3 is 0 Å². The Kier molecular flexibility index (Phi) is 6.88. The molecule has 0 unspecified atom stereocenters. The first kappa shape index (κ1) is 27.4. The van der Waals surface area contributed by atoms with E-state index < -0.39 is 5.79 Å². The van der Waals surface area contributed by atoms with Gasteiger partial charge in [-0.15, -0.1) is 0 Å². The van der Waals surface area contributed by atoms with Crippen LogP contribution in [0.5, 0.6) is 11.5 Å². The van der Waals surface area contributed by atoms with Crippen molar-refractivity contribution in [3.8, 4) is 22.6 Å². The zero-order valence-corrected chi connectivity index (χ0v) is 24.8. The summed E-state index contributed by atoms with van der Waals surface area (Å²) < 4.78 is 13.5. The van der Waals surface area contributed by atoms with Gasteiger partial charge in [0.1, 0.15) is 6.33 Å². The largest absolute Gasteiger partial charge is 0.448 e. The molecule has 0 spiro atoms. The van der Waals surface area contributed by atoms with E-state index >= 15 is 0 Å². The summed E-state index contributed by atoms with van der Waals surface area (Å²) in [6, 6.07) is 2.51. The minimum absolute atomic E-state index is 0.104. The summed E-state index contributed by atoms with van der Waals surface area (Å²) in [5.74, 6) is 0.603. The third-order valence-electron chi connectivity index (χ3n) is 9.36. The number of aromatic amines is 1. The summed E-state index contributed by atoms with van der Waals surface area (Å²) in [6.07, 6.45) is 9.86. The van der Waals surface area contributed by atoms with Crippen LogP contribution in [0, 0.1) is 26.7 Å². The Hall–Kier alpha value is -3.72. The predicted molar refractivity (Wildman–Crippen MR) is 156 cm³/mol. The molecule has 9 nitrogen and oxygen atoms in total. The van der Waals surface area contributed by atoms with Crippen LogP contribution in [0.25, 0.3) is 11.1 Å². The third-order valence-corrected chi connectivity index (χ3v) is 9.36. The Balaban J connectivity index is 1.40. The molecule has 0 radical (unpaired) electrons. The average Bonchev–Trinajstić information content (AvgIpc) is 3.31. The van der Waals surface area contributed by atoms with Crippen LogP contribution in [0.15, 0.2) is 29.6 Å². The Bertz CT molecular complexity index is 1560. The van der Waals surface area contributed by atoms with Gasteiger partial charge in [-0.05, 0) is 84.2 Å². The average molecular weight is 558 g/mol. The van der Waals surface area contributed by atoms with Crippen molar-refractivity contribution in [1.82, 2.24) is 24.8 Å². The maximum absolute atomic E-state index is 14.2. The summed E-state index contributed by atoms with van der Waals surface area (Å²) in [5, 5.41) is 0. The van der Waals surface area contributed by atoms with Crippen molar-refractivity contribution in [2.45, 2.75) is 78.2 Å². The molecule has 1 fully saturated rings. The molecule has 2 aliphatic heterocycles. The lowest BCUT2D eigenvalue weighted by molar-refractivity contribution is -0.123. The standard InChI is InChI=1S/C32H39N5O4/c1-18-13-19(2)35-30(38)25(18)16-37-12-11-24-26(31(37)39)20(3)28-29(27(24)21-14-33-17-34-15-21)41-32(4,40-28)22-7-9-23(10-8-22)36(5)6/h13-15,17,22-23H,7-12,16H2,1-6H3,(H,35,38)/t22-,23-,32-/m0/s1. The van der Waals surface area contributed by atoms with E-state index in [2.05, 4.69) is 33.9 Å². The summed E-state index contributed by atoms with van der Waals surface area (Å²) in [4.78, 5) is 42.5. The normalized spacial score (nSPS) is 23.7. The number of ether oxygens (including phenoxy) is 2. The maximum atomic E-state index is 14.2. The molecule has 41 heavy (non-hydrogen) atoms. The van der Waals surface area contributed by atoms with Crippen molar-refractivity contribution in [2.75, 3.05) is 20.6 Å². The van der Waals surface area contributed by atoms with E-state index in [0.717, 1.165) is 59.2 Å². The van der Waals surface area contributed by atoms with Crippen molar-refractivity contribution in [3.05, 3.63) is 68.7 Å². The highest BCUT2D eigenvalue weighted by molar-refractivity contribution is 6.02. The van der Waals surface area contributed by atoms with Gasteiger partial charge in [-0.2, -0.15) is 0 Å². The van der Waals surface area contributed by atoms with Crippen molar-refractivity contribution in [3.63, 3.8) is 0 Å². The first-order valence-corrected chi connectivity index (χ1v) is 14.5. The second-order valence-corrected chi connectivity index (χ2v) is 12.2. The predicted octanol–water partition coefficient (Wildman–Crippen LogP) is 4.56. The van der Waals surface area contributed by atoms with Gasteiger partial charge in [-0.1, -0.05) is 0 Å². The summed E-state index contributed by atoms with van der Waals surface area (Å²) in [7, 11) is 4.29. The van der Waals surface area contributed by atoms with E-state index in [4.69, 9.17) is 9.47 Å². The second kappa shape index (κ2) is 10.3. The highest BCUT2D eigenvalue weighted by Gasteiger charge is 2.49. The fourth-order valence-electron chi connectivity index (χ4n) is 7.01. The molecule has 3 aliphatic rings. The molecule has 0 bridgehead atoms. The van der Waals surface area contributed by atoms with Crippen molar-refractivity contribution in [2.24, 2.45) is 5.92 Å². The number of benzene rings is 1. The fraction of sp³-hybridized carbons (Fsp3) is 0.500. The van der Waals surface area contributed by atoms with Crippen LogP contribution in [0.1, 0.15) is 70.9 Å². The molecule has 0 saturated heterocycles. The SMILES string of the molecule is Cc1cc(C)c(CN2CCc3c(c(C)c4c(c3-c3cncnc3)O[C@@](C)([C@H]3CC[C@H](N(C)C)CC3)O4)C2=O)c(=O)[nH]1. The van der Waals surface area contributed by atoms with E-state index in [0.29, 0.717) is 41.6 Å². The molecule has 1 aliphatic carbocycles. The topological polar surface area (TPSA) is 101 Å². The number of rotatable bonds is 5. The van der Waals surface area contributed by atoms with E-state index in [9.17, 15) is 9.59 Å². The number of hydrogen-bond donors (Lipinski definition) is 1.